The normalized spacial score (nSPS) is 52.0. The summed E-state index contributed by atoms with van der Waals surface area (Å²) in [5.74, 6) is 0. The molecule has 1 unspecified atom stereocenters. The molecule has 4 nitrogen and oxygen atoms in total. The molecule has 0 saturated carbocycles. The minimum absolute atomic E-state index is 0.227. The third-order valence-electron chi connectivity index (χ3n) is 1.62. The molecule has 0 amide bonds. The van der Waals surface area contributed by atoms with Crippen LogP contribution < -0.4 is 5.32 Å². The molecule has 1 aliphatic rings. The maximum Gasteiger partial charge on any atom is 0.134 e. The van der Waals surface area contributed by atoms with Gasteiger partial charge in [-0.05, 0) is 6.92 Å². The van der Waals surface area contributed by atoms with Gasteiger partial charge in [0.2, 0.25) is 0 Å². The molecule has 1 rings (SSSR count). The summed E-state index contributed by atoms with van der Waals surface area (Å²) < 4.78 is 0. The van der Waals surface area contributed by atoms with Crippen molar-refractivity contribution in [3.05, 3.63) is 0 Å². The first-order valence-electron chi connectivity index (χ1n) is 2.93. The Kier molecular flexibility index (Phi) is 1.72. The number of hydrogen-bond donors (Lipinski definition) is 4. The van der Waals surface area contributed by atoms with Crippen LogP contribution in [0.25, 0.3) is 0 Å². The summed E-state index contributed by atoms with van der Waals surface area (Å²) in [7, 11) is 0. The molecular weight excluding hydrogens is 122 g/mol. The highest BCUT2D eigenvalue weighted by molar-refractivity contribution is 4.90. The molecule has 0 bridgehead atoms. The van der Waals surface area contributed by atoms with E-state index in [1.807, 2.05) is 0 Å². The van der Waals surface area contributed by atoms with Gasteiger partial charge in [0.25, 0.3) is 0 Å². The number of hydrogen-bond acceptors (Lipinski definition) is 4. The molecule has 0 aromatic carbocycles. The molecule has 0 aromatic rings. The van der Waals surface area contributed by atoms with E-state index in [1.165, 1.54) is 0 Å². The summed E-state index contributed by atoms with van der Waals surface area (Å²) in [6, 6.07) is -0.227. The summed E-state index contributed by atoms with van der Waals surface area (Å²) >= 11 is 0. The van der Waals surface area contributed by atoms with Crippen LogP contribution in [0.4, 0.5) is 0 Å². The van der Waals surface area contributed by atoms with E-state index in [0.717, 1.165) is 0 Å². The molecule has 0 radical (unpaired) electrons. The molecule has 54 valence electrons. The van der Waals surface area contributed by atoms with Crippen molar-refractivity contribution in [3.8, 4) is 0 Å². The van der Waals surface area contributed by atoms with Crippen LogP contribution in [0, 0.1) is 0 Å². The molecule has 1 heterocycles. The average molecular weight is 133 g/mol. The Balaban J connectivity index is 2.54. The highest BCUT2D eigenvalue weighted by Crippen LogP contribution is 2.10. The summed E-state index contributed by atoms with van der Waals surface area (Å²) in [5.41, 5.74) is 0. The third-order valence-corrected chi connectivity index (χ3v) is 1.62. The molecule has 1 fully saturated rings. The second-order valence-corrected chi connectivity index (χ2v) is 2.38. The lowest BCUT2D eigenvalue weighted by molar-refractivity contribution is -0.0233. The Morgan fingerprint density at radius 3 is 1.78 bits per heavy atom. The largest absolute Gasteiger partial charge is 0.389 e. The number of nitrogens with one attached hydrogen (secondary N) is 1. The van der Waals surface area contributed by atoms with Gasteiger partial charge in [0.1, 0.15) is 12.3 Å². The molecule has 1 aliphatic heterocycles. The minimum atomic E-state index is -1.04. The Morgan fingerprint density at radius 1 is 1.11 bits per heavy atom. The summed E-state index contributed by atoms with van der Waals surface area (Å²) in [6.45, 7) is 1.70. The highest BCUT2D eigenvalue weighted by Gasteiger charge is 2.36. The van der Waals surface area contributed by atoms with Gasteiger partial charge in [0, 0.05) is 6.04 Å². The molecule has 0 spiro atoms. The van der Waals surface area contributed by atoms with Gasteiger partial charge in [-0.2, -0.15) is 0 Å². The Hall–Kier alpha value is -0.160. The quantitative estimate of drug-likeness (QED) is 0.309. The van der Waals surface area contributed by atoms with Gasteiger partial charge in [0.15, 0.2) is 0 Å². The van der Waals surface area contributed by atoms with Crippen LogP contribution in [-0.4, -0.2) is 39.8 Å². The van der Waals surface area contributed by atoms with Crippen molar-refractivity contribution in [2.24, 2.45) is 0 Å². The highest BCUT2D eigenvalue weighted by atomic mass is 16.4. The lowest BCUT2D eigenvalue weighted by Gasteiger charge is -2.09. The number of aliphatic hydroxyl groups is 3. The van der Waals surface area contributed by atoms with Gasteiger partial charge in [-0.1, -0.05) is 0 Å². The summed E-state index contributed by atoms with van der Waals surface area (Å²) in [5, 5.41) is 29.2. The summed E-state index contributed by atoms with van der Waals surface area (Å²) in [4.78, 5) is 0. The SMILES string of the molecule is C[C@H]1NC(O)[C@H](O)[C@@H]1O. The van der Waals surface area contributed by atoms with E-state index < -0.39 is 18.4 Å². The fraction of sp³-hybridized carbons (Fsp3) is 1.00. The zero-order chi connectivity index (χ0) is 7.02. The van der Waals surface area contributed by atoms with Gasteiger partial charge in [-0.25, -0.2) is 0 Å². The predicted molar refractivity (Wildman–Crippen MR) is 30.6 cm³/mol. The first-order valence-corrected chi connectivity index (χ1v) is 2.93. The fourth-order valence-electron chi connectivity index (χ4n) is 0.949. The molecule has 0 aliphatic carbocycles. The van der Waals surface area contributed by atoms with Gasteiger partial charge < -0.3 is 15.3 Å². The first kappa shape index (κ1) is 6.95. The van der Waals surface area contributed by atoms with E-state index in [0.29, 0.717) is 0 Å². The molecule has 0 aromatic heterocycles. The van der Waals surface area contributed by atoms with E-state index in [4.69, 9.17) is 15.3 Å². The summed E-state index contributed by atoms with van der Waals surface area (Å²) in [6.07, 6.45) is -2.87. The molecule has 1 saturated heterocycles. The van der Waals surface area contributed by atoms with Crippen molar-refractivity contribution >= 4 is 0 Å². The maximum atomic E-state index is 8.96. The molecule has 9 heavy (non-hydrogen) atoms. The zero-order valence-electron chi connectivity index (χ0n) is 5.15. The molecule has 4 atom stereocenters. The first-order chi connectivity index (χ1) is 4.13. The predicted octanol–water partition coefficient (Wildman–Crippen LogP) is -1.98. The van der Waals surface area contributed by atoms with Crippen LogP contribution in [0.3, 0.4) is 0 Å². The van der Waals surface area contributed by atoms with Gasteiger partial charge in [-0.15, -0.1) is 0 Å². The fourth-order valence-corrected chi connectivity index (χ4v) is 0.949. The lowest BCUT2D eigenvalue weighted by Crippen LogP contribution is -2.32. The van der Waals surface area contributed by atoms with Crippen molar-refractivity contribution in [1.82, 2.24) is 5.32 Å². The molecule has 4 N–H and O–H groups in total. The lowest BCUT2D eigenvalue weighted by atomic mass is 10.2. The maximum absolute atomic E-state index is 8.96. The van der Waals surface area contributed by atoms with E-state index in [1.54, 1.807) is 6.92 Å². The van der Waals surface area contributed by atoms with Gasteiger partial charge >= 0.3 is 0 Å². The Bertz CT molecular complexity index is 96.4. The average Bonchev–Trinajstić information content (AvgIpc) is 1.98. The van der Waals surface area contributed by atoms with E-state index in [9.17, 15) is 0 Å². The van der Waals surface area contributed by atoms with Gasteiger partial charge in [0.05, 0.1) is 6.10 Å². The molecular formula is C5H11NO3. The van der Waals surface area contributed by atoms with Crippen LogP contribution in [0.2, 0.25) is 0 Å². The van der Waals surface area contributed by atoms with Crippen molar-refractivity contribution in [2.45, 2.75) is 31.4 Å². The van der Waals surface area contributed by atoms with Crippen molar-refractivity contribution in [3.63, 3.8) is 0 Å². The smallest absolute Gasteiger partial charge is 0.134 e. The molecule has 4 heteroatoms. The standard InChI is InChI=1S/C5H11NO3/c1-2-3(7)4(8)5(9)6-2/h2-9H,1H3/t2-,3-,4-,5?/m1/s1. The number of rotatable bonds is 0. The Labute approximate surface area is 53.1 Å². The van der Waals surface area contributed by atoms with Crippen molar-refractivity contribution < 1.29 is 15.3 Å². The van der Waals surface area contributed by atoms with Crippen LogP contribution in [0.15, 0.2) is 0 Å². The van der Waals surface area contributed by atoms with Crippen molar-refractivity contribution in [2.75, 3.05) is 0 Å². The van der Waals surface area contributed by atoms with Crippen molar-refractivity contribution in [1.29, 1.82) is 0 Å². The third kappa shape index (κ3) is 1.07. The van der Waals surface area contributed by atoms with Gasteiger partial charge in [-0.3, -0.25) is 5.32 Å². The van der Waals surface area contributed by atoms with Crippen LogP contribution in [0.1, 0.15) is 6.92 Å². The minimum Gasteiger partial charge on any atom is -0.389 e. The zero-order valence-corrected chi connectivity index (χ0v) is 5.15. The second kappa shape index (κ2) is 2.22. The van der Waals surface area contributed by atoms with Crippen LogP contribution in [0.5, 0.6) is 0 Å². The topological polar surface area (TPSA) is 72.7 Å². The van der Waals surface area contributed by atoms with E-state index in [2.05, 4.69) is 5.32 Å². The van der Waals surface area contributed by atoms with E-state index >= 15 is 0 Å². The Morgan fingerprint density at radius 2 is 1.67 bits per heavy atom. The monoisotopic (exact) mass is 133 g/mol. The van der Waals surface area contributed by atoms with E-state index in [-0.39, 0.29) is 6.04 Å². The second-order valence-electron chi connectivity index (χ2n) is 2.38. The van der Waals surface area contributed by atoms with Crippen LogP contribution in [-0.2, 0) is 0 Å². The number of aliphatic hydroxyl groups excluding tert-OH is 3. The van der Waals surface area contributed by atoms with Crippen LogP contribution >= 0.6 is 0 Å².